The van der Waals surface area contributed by atoms with Crippen molar-refractivity contribution < 1.29 is 18.3 Å². The highest BCUT2D eigenvalue weighted by atomic mass is 19.3. The molecule has 0 saturated heterocycles. The van der Waals surface area contributed by atoms with Gasteiger partial charge in [-0.15, -0.1) is 0 Å². The molecular weight excluding hydrogens is 230 g/mol. The highest BCUT2D eigenvalue weighted by Crippen LogP contribution is 2.14. The van der Waals surface area contributed by atoms with Gasteiger partial charge in [0.25, 0.3) is 5.91 Å². The maximum atomic E-state index is 11.9. The summed E-state index contributed by atoms with van der Waals surface area (Å²) in [6, 6.07) is 5.31. The summed E-state index contributed by atoms with van der Waals surface area (Å²) in [6.07, 6.45) is 0. The van der Waals surface area contributed by atoms with Crippen molar-refractivity contribution >= 4 is 5.91 Å². The zero-order chi connectivity index (χ0) is 12.8. The third-order valence-corrected chi connectivity index (χ3v) is 2.07. The van der Waals surface area contributed by atoms with Gasteiger partial charge in [-0.05, 0) is 31.2 Å². The number of nitrogens with two attached hydrogens (primary N) is 1. The summed E-state index contributed by atoms with van der Waals surface area (Å²) in [5, 5.41) is 2.65. The lowest BCUT2D eigenvalue weighted by molar-refractivity contribution is -0.0498. The van der Waals surface area contributed by atoms with E-state index in [2.05, 4.69) is 10.1 Å². The molecule has 4 nitrogen and oxygen atoms in total. The average molecular weight is 244 g/mol. The molecule has 0 fully saturated rings. The van der Waals surface area contributed by atoms with Crippen LogP contribution in [0.1, 0.15) is 17.3 Å². The molecule has 0 aliphatic rings. The summed E-state index contributed by atoms with van der Waals surface area (Å²) < 4.78 is 27.9. The van der Waals surface area contributed by atoms with Crippen LogP contribution in [0.25, 0.3) is 0 Å². The molecule has 0 aromatic heterocycles. The van der Waals surface area contributed by atoms with Gasteiger partial charge in [-0.2, -0.15) is 8.78 Å². The standard InChI is InChI=1S/C11H14F2N2O2/c1-7(6-14)15-10(16)8-2-4-9(5-3-8)17-11(12)13/h2-5,7,11H,6,14H2,1H3,(H,15,16)/t7-/m1/s1. The third kappa shape index (κ3) is 4.36. The minimum Gasteiger partial charge on any atom is -0.435 e. The van der Waals surface area contributed by atoms with Crippen LogP contribution in [-0.4, -0.2) is 25.1 Å². The van der Waals surface area contributed by atoms with E-state index in [4.69, 9.17) is 5.73 Å². The highest BCUT2D eigenvalue weighted by Gasteiger charge is 2.09. The number of carbonyl (C=O) groups is 1. The number of hydrogen-bond acceptors (Lipinski definition) is 3. The van der Waals surface area contributed by atoms with E-state index in [1.807, 2.05) is 0 Å². The molecular formula is C11H14F2N2O2. The molecule has 0 radical (unpaired) electrons. The second-order valence-electron chi connectivity index (χ2n) is 3.51. The van der Waals surface area contributed by atoms with E-state index in [1.165, 1.54) is 24.3 Å². The van der Waals surface area contributed by atoms with Gasteiger partial charge >= 0.3 is 6.61 Å². The molecule has 1 rings (SSSR count). The van der Waals surface area contributed by atoms with Crippen molar-refractivity contribution in [3.63, 3.8) is 0 Å². The second kappa shape index (κ2) is 6.15. The molecule has 0 spiro atoms. The Labute approximate surface area is 97.8 Å². The summed E-state index contributed by atoms with van der Waals surface area (Å²) in [5.41, 5.74) is 5.73. The molecule has 0 aliphatic heterocycles. The molecule has 0 aliphatic carbocycles. The van der Waals surface area contributed by atoms with Gasteiger partial charge in [0, 0.05) is 18.2 Å². The van der Waals surface area contributed by atoms with Gasteiger partial charge in [0.2, 0.25) is 0 Å². The first-order valence-corrected chi connectivity index (χ1v) is 5.08. The number of alkyl halides is 2. The molecule has 0 saturated carbocycles. The van der Waals surface area contributed by atoms with Gasteiger partial charge in [-0.1, -0.05) is 0 Å². The number of benzene rings is 1. The number of halogens is 2. The van der Waals surface area contributed by atoms with E-state index >= 15 is 0 Å². The van der Waals surface area contributed by atoms with Crippen LogP contribution in [0.5, 0.6) is 5.75 Å². The van der Waals surface area contributed by atoms with Crippen LogP contribution in [-0.2, 0) is 0 Å². The molecule has 0 heterocycles. The van der Waals surface area contributed by atoms with Gasteiger partial charge in [0.1, 0.15) is 5.75 Å². The summed E-state index contributed by atoms with van der Waals surface area (Å²) >= 11 is 0. The number of hydrogen-bond donors (Lipinski definition) is 2. The minimum absolute atomic E-state index is 0.0171. The normalized spacial score (nSPS) is 12.3. The number of carbonyl (C=O) groups excluding carboxylic acids is 1. The lowest BCUT2D eigenvalue weighted by Crippen LogP contribution is -2.37. The zero-order valence-corrected chi connectivity index (χ0v) is 9.32. The van der Waals surface area contributed by atoms with E-state index in [-0.39, 0.29) is 17.7 Å². The van der Waals surface area contributed by atoms with Crippen molar-refractivity contribution in [1.82, 2.24) is 5.32 Å². The predicted octanol–water partition coefficient (Wildman–Crippen LogP) is 1.36. The molecule has 1 atom stereocenters. The van der Waals surface area contributed by atoms with Crippen molar-refractivity contribution in [1.29, 1.82) is 0 Å². The van der Waals surface area contributed by atoms with Crippen LogP contribution < -0.4 is 15.8 Å². The number of nitrogens with one attached hydrogen (secondary N) is 1. The van der Waals surface area contributed by atoms with Crippen molar-refractivity contribution in [2.75, 3.05) is 6.54 Å². The Morgan fingerprint density at radius 2 is 2.00 bits per heavy atom. The Balaban J connectivity index is 2.64. The maximum absolute atomic E-state index is 11.9. The highest BCUT2D eigenvalue weighted by molar-refractivity contribution is 5.94. The Morgan fingerprint density at radius 1 is 1.41 bits per heavy atom. The number of amides is 1. The van der Waals surface area contributed by atoms with Gasteiger partial charge in [-0.25, -0.2) is 0 Å². The average Bonchev–Trinajstić information content (AvgIpc) is 2.28. The lowest BCUT2D eigenvalue weighted by Gasteiger charge is -2.11. The summed E-state index contributed by atoms with van der Waals surface area (Å²) in [6.45, 7) is -0.767. The van der Waals surface area contributed by atoms with Crippen LogP contribution in [0.4, 0.5) is 8.78 Å². The molecule has 1 amide bonds. The zero-order valence-electron chi connectivity index (χ0n) is 9.32. The Bertz CT molecular complexity index is 368. The van der Waals surface area contributed by atoms with Gasteiger partial charge in [0.15, 0.2) is 0 Å². The van der Waals surface area contributed by atoms with Crippen molar-refractivity contribution in [2.24, 2.45) is 5.73 Å². The molecule has 0 unspecified atom stereocenters. The molecule has 94 valence electrons. The monoisotopic (exact) mass is 244 g/mol. The largest absolute Gasteiger partial charge is 0.435 e. The quantitative estimate of drug-likeness (QED) is 0.822. The van der Waals surface area contributed by atoms with Crippen LogP contribution in [0, 0.1) is 0 Å². The Kier molecular flexibility index (Phi) is 4.84. The van der Waals surface area contributed by atoms with Crippen LogP contribution >= 0.6 is 0 Å². The van der Waals surface area contributed by atoms with E-state index in [0.29, 0.717) is 12.1 Å². The Hall–Kier alpha value is -1.69. The number of ether oxygens (including phenoxy) is 1. The molecule has 17 heavy (non-hydrogen) atoms. The first-order valence-electron chi connectivity index (χ1n) is 5.08. The van der Waals surface area contributed by atoms with E-state index < -0.39 is 6.61 Å². The second-order valence-corrected chi connectivity index (χ2v) is 3.51. The fraction of sp³-hybridized carbons (Fsp3) is 0.364. The van der Waals surface area contributed by atoms with Crippen LogP contribution in [0.2, 0.25) is 0 Å². The topological polar surface area (TPSA) is 64.3 Å². The number of rotatable bonds is 5. The molecule has 3 N–H and O–H groups in total. The first kappa shape index (κ1) is 13.4. The van der Waals surface area contributed by atoms with Gasteiger partial charge in [-0.3, -0.25) is 4.79 Å². The van der Waals surface area contributed by atoms with Crippen molar-refractivity contribution in [2.45, 2.75) is 19.6 Å². The predicted molar refractivity (Wildman–Crippen MR) is 59.1 cm³/mol. The summed E-state index contributed by atoms with van der Waals surface area (Å²) in [4.78, 5) is 11.6. The summed E-state index contributed by atoms with van der Waals surface area (Å²) in [5.74, 6) is -0.282. The third-order valence-electron chi connectivity index (χ3n) is 2.07. The molecule has 1 aromatic rings. The van der Waals surface area contributed by atoms with Gasteiger partial charge in [0.05, 0.1) is 0 Å². The van der Waals surface area contributed by atoms with E-state index in [9.17, 15) is 13.6 Å². The molecule has 1 aromatic carbocycles. The van der Waals surface area contributed by atoms with Crippen LogP contribution in [0.15, 0.2) is 24.3 Å². The SMILES string of the molecule is C[C@H](CN)NC(=O)c1ccc(OC(F)F)cc1. The Morgan fingerprint density at radius 3 is 2.47 bits per heavy atom. The molecule has 0 bridgehead atoms. The van der Waals surface area contributed by atoms with Gasteiger partial charge < -0.3 is 15.8 Å². The summed E-state index contributed by atoms with van der Waals surface area (Å²) in [7, 11) is 0. The van der Waals surface area contributed by atoms with E-state index in [0.717, 1.165) is 0 Å². The fourth-order valence-corrected chi connectivity index (χ4v) is 1.15. The first-order chi connectivity index (χ1) is 8.02. The maximum Gasteiger partial charge on any atom is 0.387 e. The van der Waals surface area contributed by atoms with Crippen molar-refractivity contribution in [3.05, 3.63) is 29.8 Å². The smallest absolute Gasteiger partial charge is 0.387 e. The molecule has 6 heteroatoms. The van der Waals surface area contributed by atoms with Crippen molar-refractivity contribution in [3.8, 4) is 5.75 Å². The lowest BCUT2D eigenvalue weighted by atomic mass is 10.2. The minimum atomic E-state index is -2.87. The van der Waals surface area contributed by atoms with E-state index in [1.54, 1.807) is 6.92 Å². The fourth-order valence-electron chi connectivity index (χ4n) is 1.15. The van der Waals surface area contributed by atoms with Crippen LogP contribution in [0.3, 0.4) is 0 Å².